The highest BCUT2D eigenvalue weighted by Crippen LogP contribution is 2.14. The summed E-state index contributed by atoms with van der Waals surface area (Å²) in [5.74, 6) is 1.70. The van der Waals surface area contributed by atoms with Gasteiger partial charge in [0.25, 0.3) is 0 Å². The molecule has 36 heavy (non-hydrogen) atoms. The Labute approximate surface area is 211 Å². The summed E-state index contributed by atoms with van der Waals surface area (Å²) in [6.07, 6.45) is 1.48. The third kappa shape index (κ3) is 7.21. The fraction of sp³-hybridized carbons (Fsp3) is 0.385. The highest BCUT2D eigenvalue weighted by molar-refractivity contribution is 6.02. The number of amidine groups is 2. The van der Waals surface area contributed by atoms with Crippen LogP contribution < -0.4 is 31.9 Å². The minimum Gasteiger partial charge on any atom is -0.366 e. The predicted molar refractivity (Wildman–Crippen MR) is 144 cm³/mol. The Hall–Kier alpha value is -4.08. The summed E-state index contributed by atoms with van der Waals surface area (Å²) in [5.41, 5.74) is 3.32. The molecule has 0 saturated carbocycles. The van der Waals surface area contributed by atoms with Crippen molar-refractivity contribution < 1.29 is 9.59 Å². The number of nitrogens with one attached hydrogen (secondary N) is 6. The molecule has 4 rings (SSSR count). The van der Waals surface area contributed by atoms with Crippen molar-refractivity contribution in [3.8, 4) is 0 Å². The van der Waals surface area contributed by atoms with Crippen LogP contribution in [-0.2, 0) is 0 Å². The van der Waals surface area contributed by atoms with Gasteiger partial charge in [-0.25, -0.2) is 9.59 Å². The molecule has 0 spiro atoms. The number of benzene rings is 2. The predicted octanol–water partition coefficient (Wildman–Crippen LogP) is 2.89. The first kappa shape index (κ1) is 25.0. The van der Waals surface area contributed by atoms with Gasteiger partial charge >= 0.3 is 12.1 Å². The number of rotatable bonds is 9. The van der Waals surface area contributed by atoms with Crippen LogP contribution >= 0.6 is 0 Å². The average molecular weight is 491 g/mol. The zero-order valence-electron chi connectivity index (χ0n) is 20.7. The lowest BCUT2D eigenvalue weighted by Crippen LogP contribution is -2.32. The Kier molecular flexibility index (Phi) is 8.38. The zero-order chi connectivity index (χ0) is 25.3. The first-order chi connectivity index (χ1) is 17.5. The van der Waals surface area contributed by atoms with E-state index in [0.717, 1.165) is 48.7 Å². The molecule has 190 valence electrons. The second-order valence-electron chi connectivity index (χ2n) is 9.10. The minimum atomic E-state index is -0.261. The van der Waals surface area contributed by atoms with Crippen molar-refractivity contribution in [1.82, 2.24) is 21.3 Å². The van der Waals surface area contributed by atoms with Crippen LogP contribution in [0.1, 0.15) is 37.8 Å². The lowest BCUT2D eigenvalue weighted by atomic mass is 10.2. The summed E-state index contributed by atoms with van der Waals surface area (Å²) in [4.78, 5) is 33.4. The van der Waals surface area contributed by atoms with E-state index in [4.69, 9.17) is 0 Å². The summed E-state index contributed by atoms with van der Waals surface area (Å²) in [5, 5.41) is 18.1. The summed E-state index contributed by atoms with van der Waals surface area (Å²) >= 11 is 0. The number of urea groups is 2. The number of carbonyl (C=O) groups excluding carboxylic acids is 2. The molecule has 2 aliphatic heterocycles. The number of unbranched alkanes of at least 4 members (excludes halogenated alkanes) is 1. The normalized spacial score (nSPS) is 18.4. The maximum atomic E-state index is 12.2. The van der Waals surface area contributed by atoms with Gasteiger partial charge in [-0.3, -0.25) is 9.98 Å². The summed E-state index contributed by atoms with van der Waals surface area (Å²) in [7, 11) is 0. The van der Waals surface area contributed by atoms with Crippen LogP contribution in [0.3, 0.4) is 0 Å². The largest absolute Gasteiger partial charge is 0.366 e. The van der Waals surface area contributed by atoms with Crippen LogP contribution in [0.4, 0.5) is 21.0 Å². The van der Waals surface area contributed by atoms with E-state index in [9.17, 15) is 9.59 Å². The second kappa shape index (κ2) is 12.1. The molecule has 2 heterocycles. The average Bonchev–Trinajstić information content (AvgIpc) is 3.50. The molecule has 0 fully saturated rings. The fourth-order valence-corrected chi connectivity index (χ4v) is 3.95. The molecule has 2 aromatic rings. The van der Waals surface area contributed by atoms with Gasteiger partial charge in [-0.15, -0.1) is 0 Å². The summed E-state index contributed by atoms with van der Waals surface area (Å²) in [6, 6.07) is 15.3. The molecule has 0 aliphatic carbocycles. The van der Waals surface area contributed by atoms with Crippen molar-refractivity contribution in [2.45, 2.75) is 38.8 Å². The van der Waals surface area contributed by atoms with E-state index in [1.807, 2.05) is 48.5 Å². The van der Waals surface area contributed by atoms with Gasteiger partial charge in [0.05, 0.1) is 13.1 Å². The Morgan fingerprint density at radius 2 is 1.22 bits per heavy atom. The Morgan fingerprint density at radius 1 is 0.778 bits per heavy atom. The van der Waals surface area contributed by atoms with Crippen molar-refractivity contribution in [2.75, 3.05) is 36.8 Å². The number of amides is 4. The molecule has 0 aromatic heterocycles. The first-order valence-corrected chi connectivity index (χ1v) is 12.4. The number of hydrogen-bond donors (Lipinski definition) is 6. The third-order valence-electron chi connectivity index (χ3n) is 5.78. The number of hydrogen-bond acceptors (Lipinski definition) is 6. The van der Waals surface area contributed by atoms with Crippen molar-refractivity contribution in [3.05, 3.63) is 59.7 Å². The molecule has 0 radical (unpaired) electrons. The van der Waals surface area contributed by atoms with Gasteiger partial charge in [-0.05, 0) is 51.0 Å². The molecule has 2 aliphatic rings. The number of carbonyl (C=O) groups is 2. The van der Waals surface area contributed by atoms with Crippen LogP contribution in [0.5, 0.6) is 0 Å². The fourth-order valence-electron chi connectivity index (χ4n) is 3.95. The Balaban J connectivity index is 1.10. The first-order valence-electron chi connectivity index (χ1n) is 12.4. The third-order valence-corrected chi connectivity index (χ3v) is 5.78. The van der Waals surface area contributed by atoms with Crippen molar-refractivity contribution in [1.29, 1.82) is 0 Å². The lowest BCUT2D eigenvalue weighted by Gasteiger charge is -2.11. The number of anilines is 2. The van der Waals surface area contributed by atoms with Crippen molar-refractivity contribution >= 4 is 35.1 Å². The van der Waals surface area contributed by atoms with E-state index in [-0.39, 0.29) is 12.1 Å². The highest BCUT2D eigenvalue weighted by atomic mass is 16.2. The molecule has 4 amide bonds. The molecule has 10 heteroatoms. The quantitative estimate of drug-likeness (QED) is 0.302. The monoisotopic (exact) mass is 490 g/mol. The van der Waals surface area contributed by atoms with Crippen molar-refractivity contribution in [3.63, 3.8) is 0 Å². The van der Waals surface area contributed by atoms with Crippen LogP contribution in [0.15, 0.2) is 58.5 Å². The van der Waals surface area contributed by atoms with Crippen molar-refractivity contribution in [2.24, 2.45) is 9.98 Å². The molecular formula is C26H34N8O2. The summed E-state index contributed by atoms with van der Waals surface area (Å²) < 4.78 is 0. The maximum Gasteiger partial charge on any atom is 0.319 e. The van der Waals surface area contributed by atoms with E-state index < -0.39 is 0 Å². The Bertz CT molecular complexity index is 1060. The van der Waals surface area contributed by atoms with E-state index in [1.54, 1.807) is 0 Å². The second-order valence-corrected chi connectivity index (χ2v) is 9.10. The van der Waals surface area contributed by atoms with Gasteiger partial charge in [0.1, 0.15) is 11.7 Å². The van der Waals surface area contributed by atoms with Gasteiger partial charge in [0, 0.05) is 47.7 Å². The Morgan fingerprint density at radius 3 is 1.61 bits per heavy atom. The smallest absolute Gasteiger partial charge is 0.319 e. The van der Waals surface area contributed by atoms with Gasteiger partial charge in [0.2, 0.25) is 0 Å². The van der Waals surface area contributed by atoms with Gasteiger partial charge < -0.3 is 31.9 Å². The van der Waals surface area contributed by atoms with Gasteiger partial charge in [0.15, 0.2) is 0 Å². The maximum absolute atomic E-state index is 12.2. The van der Waals surface area contributed by atoms with E-state index >= 15 is 0 Å². The van der Waals surface area contributed by atoms with Crippen LogP contribution in [0, 0.1) is 0 Å². The molecule has 10 nitrogen and oxygen atoms in total. The highest BCUT2D eigenvalue weighted by Gasteiger charge is 2.15. The van der Waals surface area contributed by atoms with Crippen LogP contribution in [-0.4, -0.2) is 62.0 Å². The zero-order valence-corrected chi connectivity index (χ0v) is 20.7. The van der Waals surface area contributed by atoms with Crippen LogP contribution in [0.25, 0.3) is 0 Å². The van der Waals surface area contributed by atoms with Crippen LogP contribution in [0.2, 0.25) is 0 Å². The lowest BCUT2D eigenvalue weighted by molar-refractivity contribution is 0.250. The molecule has 0 bridgehead atoms. The number of aliphatic imine (C=N–C) groups is 2. The van der Waals surface area contributed by atoms with Gasteiger partial charge in [-0.2, -0.15) is 0 Å². The standard InChI is InChI=1S/C26H34N8O2/c1-17-15-29-23(31-17)19-7-5-9-21(13-19)33-25(35)27-11-3-4-12-28-26(36)34-22-10-6-8-20(14-22)24-30-16-18(2)32-24/h5-10,13-14,17-18H,3-4,11-12,15-16H2,1-2H3,(H,29,31)(H,30,32)(H2,27,33,35)(H2,28,34,36). The van der Waals surface area contributed by atoms with E-state index in [1.165, 1.54) is 0 Å². The SMILES string of the molecule is CC1CN=C(c2cccc(NC(=O)NCCCCNC(=O)Nc3cccc(C4=NCC(C)N4)c3)c2)N1. The minimum absolute atomic E-state index is 0.261. The molecule has 2 aromatic carbocycles. The van der Waals surface area contributed by atoms with E-state index in [2.05, 4.69) is 55.7 Å². The topological polar surface area (TPSA) is 131 Å². The molecule has 2 unspecified atom stereocenters. The molecule has 6 N–H and O–H groups in total. The molecule has 0 saturated heterocycles. The van der Waals surface area contributed by atoms with E-state index in [0.29, 0.717) is 36.5 Å². The summed E-state index contributed by atoms with van der Waals surface area (Å²) in [6.45, 7) is 6.69. The van der Waals surface area contributed by atoms with Gasteiger partial charge in [-0.1, -0.05) is 24.3 Å². The molecule has 2 atom stereocenters. The number of nitrogens with zero attached hydrogens (tertiary/aromatic N) is 2. The molecular weight excluding hydrogens is 456 g/mol.